The molecule has 0 amide bonds. The van der Waals surface area contributed by atoms with Gasteiger partial charge in [0.15, 0.2) is 5.60 Å². The first-order valence-electron chi connectivity index (χ1n) is 5.00. The van der Waals surface area contributed by atoms with Gasteiger partial charge in [0.05, 0.1) is 54.7 Å². The molecule has 0 radical (unpaired) electrons. The molecule has 0 unspecified atom stereocenters. The molecule has 3 aromatic heterocycles. The van der Waals surface area contributed by atoms with E-state index in [1.54, 1.807) is 18.6 Å². The smallest absolute Gasteiger partial charge is 0.189 e. The topological polar surface area (TPSA) is 106 Å². The van der Waals surface area contributed by atoms with E-state index in [0.29, 0.717) is 17.1 Å². The molecule has 0 saturated heterocycles. The Morgan fingerprint density at radius 2 is 1.00 bits per heavy atom. The average molecular weight is 340 g/mol. The van der Waals surface area contributed by atoms with E-state index in [9.17, 15) is 5.11 Å². The van der Waals surface area contributed by atoms with Crippen molar-refractivity contribution in [2.24, 2.45) is 0 Å². The molecule has 0 saturated carbocycles. The fourth-order valence-electron chi connectivity index (χ4n) is 1.80. The Morgan fingerprint density at radius 1 is 0.700 bits per heavy atom. The highest BCUT2D eigenvalue weighted by molar-refractivity contribution is 5.86. The summed E-state index contributed by atoms with van der Waals surface area (Å²) in [5, 5.41) is 10.9. The quantitative estimate of drug-likeness (QED) is 0.579. The van der Waals surface area contributed by atoms with E-state index in [2.05, 4.69) is 29.9 Å². The van der Waals surface area contributed by atoms with E-state index in [1.807, 2.05) is 0 Å². The van der Waals surface area contributed by atoms with Crippen molar-refractivity contribution in [3.05, 3.63) is 54.7 Å². The maximum absolute atomic E-state index is 10.9. The molecule has 0 aliphatic rings. The second-order valence-corrected chi connectivity index (χ2v) is 3.61. The summed E-state index contributed by atoms with van der Waals surface area (Å²) in [6.45, 7) is 0. The minimum absolute atomic E-state index is 0. The normalized spacial score (nSPS) is 10.1. The molecule has 0 aromatic carbocycles. The van der Waals surface area contributed by atoms with E-state index in [-0.39, 0.29) is 37.2 Å². The second-order valence-electron chi connectivity index (χ2n) is 3.61. The highest BCUT2D eigenvalue weighted by Crippen LogP contribution is 2.32. The lowest BCUT2D eigenvalue weighted by atomic mass is 9.93. The first kappa shape index (κ1) is 18.5. The molecule has 7 nitrogen and oxygen atoms in total. The molecular weight excluding hydrogens is 327 g/mol. The number of aromatic amines is 3. The Bertz CT molecular complexity index is 496. The number of halogens is 3. The zero-order chi connectivity index (χ0) is 11.7. The van der Waals surface area contributed by atoms with Gasteiger partial charge in [-0.25, -0.2) is 15.0 Å². The summed E-state index contributed by atoms with van der Waals surface area (Å²) in [4.78, 5) is 20.5. The number of aliphatic hydroxyl groups is 1. The van der Waals surface area contributed by atoms with E-state index in [1.165, 1.54) is 19.0 Å². The molecule has 3 aromatic rings. The van der Waals surface area contributed by atoms with Crippen LogP contribution < -0.4 is 0 Å². The summed E-state index contributed by atoms with van der Waals surface area (Å²) >= 11 is 0. The van der Waals surface area contributed by atoms with Gasteiger partial charge in [0.2, 0.25) is 0 Å². The van der Waals surface area contributed by atoms with E-state index in [0.717, 1.165) is 0 Å². The third-order valence-electron chi connectivity index (χ3n) is 2.66. The number of aromatic nitrogens is 6. The Kier molecular flexibility index (Phi) is 6.74. The van der Waals surface area contributed by atoms with Gasteiger partial charge in [0, 0.05) is 0 Å². The molecule has 4 N–H and O–H groups in total. The van der Waals surface area contributed by atoms with Gasteiger partial charge >= 0.3 is 0 Å². The van der Waals surface area contributed by atoms with Crippen LogP contribution in [0.25, 0.3) is 0 Å². The minimum Gasteiger partial charge on any atom is -0.372 e. The van der Waals surface area contributed by atoms with Crippen LogP contribution in [0.4, 0.5) is 0 Å². The summed E-state index contributed by atoms with van der Waals surface area (Å²) in [6.07, 6.45) is 9.19. The minimum atomic E-state index is -1.39. The number of hydrogen-bond acceptors (Lipinski definition) is 4. The number of H-pyrrole nitrogens is 3. The van der Waals surface area contributed by atoms with Gasteiger partial charge in [0.25, 0.3) is 0 Å². The highest BCUT2D eigenvalue weighted by Gasteiger charge is 2.38. The van der Waals surface area contributed by atoms with Crippen LogP contribution in [0.5, 0.6) is 0 Å². The van der Waals surface area contributed by atoms with Crippen molar-refractivity contribution in [3.63, 3.8) is 0 Å². The molecule has 0 spiro atoms. The molecule has 20 heavy (non-hydrogen) atoms. The fraction of sp³-hybridized carbons (Fsp3) is 0.100. The Balaban J connectivity index is 0.00000120. The predicted octanol–water partition coefficient (Wildman–Crippen LogP) is 1.41. The van der Waals surface area contributed by atoms with Gasteiger partial charge in [0.1, 0.15) is 0 Å². The summed E-state index contributed by atoms with van der Waals surface area (Å²) in [5.41, 5.74) is 0.215. The summed E-state index contributed by atoms with van der Waals surface area (Å²) < 4.78 is 0. The van der Waals surface area contributed by atoms with Gasteiger partial charge in [-0.1, -0.05) is 0 Å². The predicted molar refractivity (Wildman–Crippen MR) is 79.6 cm³/mol. The molecule has 0 atom stereocenters. The number of hydrogen-bond donors (Lipinski definition) is 4. The van der Waals surface area contributed by atoms with Crippen molar-refractivity contribution in [3.8, 4) is 0 Å². The maximum atomic E-state index is 10.9. The monoisotopic (exact) mass is 338 g/mol. The van der Waals surface area contributed by atoms with Crippen LogP contribution in [0.15, 0.2) is 37.6 Å². The summed E-state index contributed by atoms with van der Waals surface area (Å²) in [5.74, 6) is 0. The van der Waals surface area contributed by atoms with Gasteiger partial charge in [-0.3, -0.25) is 0 Å². The first-order chi connectivity index (χ1) is 8.32. The van der Waals surface area contributed by atoms with Gasteiger partial charge in [-0.05, 0) is 0 Å². The molecular formula is C10H13Cl3N6O. The number of nitrogens with one attached hydrogen (secondary N) is 3. The Morgan fingerprint density at radius 3 is 1.20 bits per heavy atom. The van der Waals surface area contributed by atoms with E-state index < -0.39 is 5.60 Å². The third kappa shape index (κ3) is 2.80. The van der Waals surface area contributed by atoms with Crippen molar-refractivity contribution in [1.82, 2.24) is 29.9 Å². The lowest BCUT2D eigenvalue weighted by Crippen LogP contribution is -2.30. The highest BCUT2D eigenvalue weighted by atomic mass is 35.5. The molecule has 3 heterocycles. The van der Waals surface area contributed by atoms with Crippen molar-refractivity contribution in [1.29, 1.82) is 0 Å². The Hall–Kier alpha value is -1.54. The van der Waals surface area contributed by atoms with E-state index >= 15 is 0 Å². The average Bonchev–Trinajstić information content (AvgIpc) is 3.10. The zero-order valence-electron chi connectivity index (χ0n) is 9.98. The van der Waals surface area contributed by atoms with Gasteiger partial charge in [-0.2, -0.15) is 0 Å². The van der Waals surface area contributed by atoms with Crippen molar-refractivity contribution >= 4 is 37.2 Å². The Labute approximate surface area is 132 Å². The fourth-order valence-corrected chi connectivity index (χ4v) is 1.80. The molecule has 0 bridgehead atoms. The summed E-state index contributed by atoms with van der Waals surface area (Å²) in [7, 11) is 0. The number of nitrogens with zero attached hydrogens (tertiary/aromatic N) is 3. The van der Waals surface area contributed by atoms with Crippen molar-refractivity contribution < 1.29 is 5.11 Å². The van der Waals surface area contributed by atoms with Crippen LogP contribution in [0.3, 0.4) is 0 Å². The molecule has 0 aliphatic heterocycles. The first-order valence-corrected chi connectivity index (χ1v) is 5.00. The molecule has 10 heteroatoms. The SMILES string of the molecule is Cl.Cl.Cl.OC(c1cnc[nH]1)(c1cnc[nH]1)c1cnc[nH]1. The molecule has 3 rings (SSSR count). The van der Waals surface area contributed by atoms with Gasteiger partial charge < -0.3 is 20.1 Å². The van der Waals surface area contributed by atoms with Crippen molar-refractivity contribution in [2.75, 3.05) is 0 Å². The molecule has 110 valence electrons. The van der Waals surface area contributed by atoms with Crippen LogP contribution >= 0.6 is 37.2 Å². The van der Waals surface area contributed by atoms with Crippen LogP contribution in [0.2, 0.25) is 0 Å². The number of rotatable bonds is 3. The maximum Gasteiger partial charge on any atom is 0.189 e. The van der Waals surface area contributed by atoms with Crippen molar-refractivity contribution in [2.45, 2.75) is 5.60 Å². The van der Waals surface area contributed by atoms with Crippen LogP contribution in [-0.4, -0.2) is 35.0 Å². The largest absolute Gasteiger partial charge is 0.372 e. The summed E-state index contributed by atoms with van der Waals surface area (Å²) in [6, 6.07) is 0. The van der Waals surface area contributed by atoms with Crippen LogP contribution in [0.1, 0.15) is 17.1 Å². The second kappa shape index (κ2) is 7.30. The zero-order valence-corrected chi connectivity index (χ0v) is 12.4. The lowest BCUT2D eigenvalue weighted by molar-refractivity contribution is 0.112. The van der Waals surface area contributed by atoms with E-state index in [4.69, 9.17) is 0 Å². The molecule has 0 fully saturated rings. The number of imidazole rings is 3. The molecule has 0 aliphatic carbocycles. The van der Waals surface area contributed by atoms with Crippen LogP contribution in [0, 0.1) is 0 Å². The lowest BCUT2D eigenvalue weighted by Gasteiger charge is -2.23. The van der Waals surface area contributed by atoms with Crippen LogP contribution in [-0.2, 0) is 5.60 Å². The third-order valence-corrected chi connectivity index (χ3v) is 2.66. The standard InChI is InChI=1S/C10H10N6O.3ClH/c17-10(7-1-11-4-14-7,8-2-12-5-15-8)9-3-13-6-16-9;;;/h1-6,17H,(H,11,14)(H,12,15)(H,13,16);3*1H. The van der Waals surface area contributed by atoms with Gasteiger partial charge in [-0.15, -0.1) is 37.2 Å².